The van der Waals surface area contributed by atoms with E-state index in [4.69, 9.17) is 14.2 Å². The first-order chi connectivity index (χ1) is 9.70. The van der Waals surface area contributed by atoms with E-state index in [1.165, 1.54) is 6.20 Å². The van der Waals surface area contributed by atoms with Crippen molar-refractivity contribution < 1.29 is 19.0 Å². The summed E-state index contributed by atoms with van der Waals surface area (Å²) in [6.07, 6.45) is 1.68. The van der Waals surface area contributed by atoms with E-state index in [2.05, 4.69) is 22.0 Å². The topological polar surface area (TPSA) is 76.7 Å². The molecule has 1 saturated heterocycles. The molecule has 2 heterocycles. The van der Waals surface area contributed by atoms with E-state index in [9.17, 15) is 4.79 Å². The number of hydrogen-bond donors (Lipinski definition) is 1. The van der Waals surface area contributed by atoms with Gasteiger partial charge in [-0.2, -0.15) is 5.10 Å². The summed E-state index contributed by atoms with van der Waals surface area (Å²) in [5, 5.41) is 6.49. The Morgan fingerprint density at radius 3 is 3.25 bits per heavy atom. The van der Waals surface area contributed by atoms with E-state index in [0.717, 1.165) is 26.2 Å². The highest BCUT2D eigenvalue weighted by Crippen LogP contribution is 2.15. The fourth-order valence-corrected chi connectivity index (χ4v) is 2.11. The Bertz CT molecular complexity index is 435. The second-order valence-corrected chi connectivity index (χ2v) is 4.66. The molecular formula is C13H21N3O4. The number of nitrogens with zero attached hydrogens (tertiary/aromatic N) is 2. The van der Waals surface area contributed by atoms with Crippen LogP contribution in [0.15, 0.2) is 6.20 Å². The molecule has 1 atom stereocenters. The molecule has 0 aliphatic carbocycles. The molecule has 1 fully saturated rings. The Balaban J connectivity index is 1.79. The minimum atomic E-state index is -0.420. The van der Waals surface area contributed by atoms with E-state index in [0.29, 0.717) is 24.7 Å². The van der Waals surface area contributed by atoms with Gasteiger partial charge in [0.05, 0.1) is 25.5 Å². The molecule has 20 heavy (non-hydrogen) atoms. The maximum absolute atomic E-state index is 11.6. The second kappa shape index (κ2) is 7.25. The first-order valence-corrected chi connectivity index (χ1v) is 6.88. The van der Waals surface area contributed by atoms with E-state index in [1.807, 2.05) is 0 Å². The van der Waals surface area contributed by atoms with Crippen LogP contribution in [0.25, 0.3) is 0 Å². The maximum atomic E-state index is 11.6. The molecule has 7 nitrogen and oxygen atoms in total. The average molecular weight is 283 g/mol. The van der Waals surface area contributed by atoms with Gasteiger partial charge >= 0.3 is 5.97 Å². The Morgan fingerprint density at radius 1 is 1.65 bits per heavy atom. The van der Waals surface area contributed by atoms with Gasteiger partial charge < -0.3 is 14.2 Å². The predicted octanol–water partition coefficient (Wildman–Crippen LogP) is 0.686. The number of morpholine rings is 1. The van der Waals surface area contributed by atoms with Crippen LogP contribution in [0.4, 0.5) is 0 Å². The van der Waals surface area contributed by atoms with E-state index < -0.39 is 5.97 Å². The zero-order valence-electron chi connectivity index (χ0n) is 11.9. The second-order valence-electron chi connectivity index (χ2n) is 4.66. The van der Waals surface area contributed by atoms with Crippen LogP contribution in [0, 0.1) is 0 Å². The molecule has 1 aliphatic heterocycles. The normalized spacial score (nSPS) is 19.8. The fourth-order valence-electron chi connectivity index (χ4n) is 2.11. The molecule has 1 N–H and O–H groups in total. The van der Waals surface area contributed by atoms with Crippen molar-refractivity contribution in [1.29, 1.82) is 0 Å². The van der Waals surface area contributed by atoms with Gasteiger partial charge in [-0.15, -0.1) is 0 Å². The van der Waals surface area contributed by atoms with Gasteiger partial charge in [0.2, 0.25) is 5.88 Å². The molecular weight excluding hydrogens is 262 g/mol. The monoisotopic (exact) mass is 283 g/mol. The molecule has 1 aliphatic rings. The van der Waals surface area contributed by atoms with Gasteiger partial charge in [-0.1, -0.05) is 0 Å². The summed E-state index contributed by atoms with van der Waals surface area (Å²) in [5.41, 5.74) is 0.335. The van der Waals surface area contributed by atoms with Gasteiger partial charge in [-0.25, -0.2) is 9.89 Å². The number of nitrogens with one attached hydrogen (secondary N) is 1. The van der Waals surface area contributed by atoms with E-state index in [-0.39, 0.29) is 6.10 Å². The van der Waals surface area contributed by atoms with Crippen LogP contribution in [0.3, 0.4) is 0 Å². The highest BCUT2D eigenvalue weighted by atomic mass is 16.5. The molecule has 0 radical (unpaired) electrons. The predicted molar refractivity (Wildman–Crippen MR) is 71.9 cm³/mol. The van der Waals surface area contributed by atoms with Crippen LogP contribution in [-0.2, 0) is 9.47 Å². The van der Waals surface area contributed by atoms with Crippen LogP contribution in [0.2, 0.25) is 0 Å². The number of H-pyrrole nitrogens is 1. The van der Waals surface area contributed by atoms with E-state index >= 15 is 0 Å². The molecule has 112 valence electrons. The van der Waals surface area contributed by atoms with Crippen LogP contribution in [0.5, 0.6) is 5.88 Å². The lowest BCUT2D eigenvalue weighted by molar-refractivity contribution is -0.0215. The third-order valence-electron chi connectivity index (χ3n) is 3.08. The lowest BCUT2D eigenvalue weighted by Crippen LogP contribution is -2.42. The zero-order chi connectivity index (χ0) is 14.4. The number of esters is 1. The summed E-state index contributed by atoms with van der Waals surface area (Å²) in [4.78, 5) is 13.9. The standard InChI is InChI=1S/C13H21N3O4/c1-3-18-13(17)11-8-14-15-12(11)20-7-5-16-4-6-19-10(2)9-16/h8,10H,3-7,9H2,1-2H3,(H,14,15). The van der Waals surface area contributed by atoms with Gasteiger partial charge in [-0.3, -0.25) is 4.90 Å². The number of carbonyl (C=O) groups is 1. The van der Waals surface area contributed by atoms with Crippen LogP contribution in [0.1, 0.15) is 24.2 Å². The number of hydrogen-bond acceptors (Lipinski definition) is 6. The number of rotatable bonds is 6. The van der Waals surface area contributed by atoms with Crippen LogP contribution in [-0.4, -0.2) is 66.6 Å². The molecule has 7 heteroatoms. The Morgan fingerprint density at radius 2 is 2.50 bits per heavy atom. The lowest BCUT2D eigenvalue weighted by Gasteiger charge is -2.30. The highest BCUT2D eigenvalue weighted by Gasteiger charge is 2.18. The molecule has 1 unspecified atom stereocenters. The van der Waals surface area contributed by atoms with Crippen LogP contribution >= 0.6 is 0 Å². The summed E-state index contributed by atoms with van der Waals surface area (Å²) >= 11 is 0. The van der Waals surface area contributed by atoms with Crippen molar-refractivity contribution in [2.24, 2.45) is 0 Å². The Kier molecular flexibility index (Phi) is 5.37. The number of ether oxygens (including phenoxy) is 3. The first-order valence-electron chi connectivity index (χ1n) is 6.88. The minimum absolute atomic E-state index is 0.256. The molecule has 2 rings (SSSR count). The van der Waals surface area contributed by atoms with Gasteiger partial charge in [0.1, 0.15) is 12.2 Å². The largest absolute Gasteiger partial charge is 0.476 e. The summed E-state index contributed by atoms with van der Waals surface area (Å²) in [6.45, 7) is 7.97. The maximum Gasteiger partial charge on any atom is 0.345 e. The Labute approximate surface area is 118 Å². The molecule has 0 bridgehead atoms. The van der Waals surface area contributed by atoms with Crippen molar-refractivity contribution in [3.63, 3.8) is 0 Å². The minimum Gasteiger partial charge on any atom is -0.476 e. The number of carbonyl (C=O) groups excluding carboxylic acids is 1. The van der Waals surface area contributed by atoms with Crippen molar-refractivity contribution in [1.82, 2.24) is 15.1 Å². The molecule has 0 spiro atoms. The third kappa shape index (κ3) is 3.94. The molecule has 0 saturated carbocycles. The smallest absolute Gasteiger partial charge is 0.345 e. The summed E-state index contributed by atoms with van der Waals surface area (Å²) in [7, 11) is 0. The SMILES string of the molecule is CCOC(=O)c1cn[nH]c1OCCN1CCOC(C)C1. The van der Waals surface area contributed by atoms with E-state index in [1.54, 1.807) is 6.92 Å². The average Bonchev–Trinajstić information content (AvgIpc) is 2.87. The van der Waals surface area contributed by atoms with Crippen LogP contribution < -0.4 is 4.74 Å². The van der Waals surface area contributed by atoms with Gasteiger partial charge in [-0.05, 0) is 13.8 Å². The molecule has 0 aromatic carbocycles. The lowest BCUT2D eigenvalue weighted by atomic mass is 10.3. The zero-order valence-corrected chi connectivity index (χ0v) is 11.9. The molecule has 0 amide bonds. The Hall–Kier alpha value is -1.60. The van der Waals surface area contributed by atoms with Crippen molar-refractivity contribution >= 4 is 5.97 Å². The quantitative estimate of drug-likeness (QED) is 0.774. The summed E-state index contributed by atoms with van der Waals surface area (Å²) < 4.78 is 16.0. The van der Waals surface area contributed by atoms with Crippen molar-refractivity contribution in [2.45, 2.75) is 20.0 Å². The molecule has 1 aromatic rings. The highest BCUT2D eigenvalue weighted by molar-refractivity contribution is 5.91. The number of aromatic nitrogens is 2. The van der Waals surface area contributed by atoms with Crippen molar-refractivity contribution in [3.8, 4) is 5.88 Å². The van der Waals surface area contributed by atoms with Gasteiger partial charge in [0, 0.05) is 19.6 Å². The number of aromatic amines is 1. The third-order valence-corrected chi connectivity index (χ3v) is 3.08. The van der Waals surface area contributed by atoms with Crippen molar-refractivity contribution in [3.05, 3.63) is 11.8 Å². The first kappa shape index (κ1) is 14.8. The summed E-state index contributed by atoms with van der Waals surface area (Å²) in [5.74, 6) is -0.0546. The van der Waals surface area contributed by atoms with Gasteiger partial charge in [0.25, 0.3) is 0 Å². The van der Waals surface area contributed by atoms with Crippen molar-refractivity contribution in [2.75, 3.05) is 39.5 Å². The van der Waals surface area contributed by atoms with Gasteiger partial charge in [0.15, 0.2) is 0 Å². The fraction of sp³-hybridized carbons (Fsp3) is 0.692. The summed E-state index contributed by atoms with van der Waals surface area (Å²) in [6, 6.07) is 0. The molecule has 1 aromatic heterocycles.